The van der Waals surface area contributed by atoms with Crippen LogP contribution >= 0.6 is 0 Å². The van der Waals surface area contributed by atoms with E-state index in [9.17, 15) is 4.39 Å². The number of hydrogen-bond donors (Lipinski definition) is 0. The second-order valence-electron chi connectivity index (χ2n) is 5.93. The molecule has 0 spiro atoms. The molecule has 2 aliphatic heterocycles. The SMILES string of the molecule is CC(C)N1CCN(C2CN(c3ncc(F)cn3)C2)CC1. The quantitative estimate of drug-likeness (QED) is 0.819. The van der Waals surface area contributed by atoms with Crippen LogP contribution in [0.5, 0.6) is 0 Å². The summed E-state index contributed by atoms with van der Waals surface area (Å²) in [6.07, 6.45) is 2.47. The maximum Gasteiger partial charge on any atom is 0.225 e. The Bertz CT molecular complexity index is 435. The Morgan fingerprint density at radius 3 is 2.25 bits per heavy atom. The van der Waals surface area contributed by atoms with Crippen molar-refractivity contribution < 1.29 is 4.39 Å². The summed E-state index contributed by atoms with van der Waals surface area (Å²) in [6.45, 7) is 11.0. The molecule has 20 heavy (non-hydrogen) atoms. The molecule has 0 aliphatic carbocycles. The highest BCUT2D eigenvalue weighted by Gasteiger charge is 2.34. The molecule has 1 aromatic rings. The van der Waals surface area contributed by atoms with Crippen molar-refractivity contribution in [3.8, 4) is 0 Å². The number of hydrogen-bond acceptors (Lipinski definition) is 5. The Hall–Kier alpha value is -1.27. The van der Waals surface area contributed by atoms with Gasteiger partial charge in [0, 0.05) is 51.4 Å². The van der Waals surface area contributed by atoms with E-state index < -0.39 is 0 Å². The van der Waals surface area contributed by atoms with Crippen molar-refractivity contribution in [2.24, 2.45) is 0 Å². The summed E-state index contributed by atoms with van der Waals surface area (Å²) in [4.78, 5) is 15.2. The summed E-state index contributed by atoms with van der Waals surface area (Å²) < 4.78 is 12.8. The summed E-state index contributed by atoms with van der Waals surface area (Å²) in [5, 5.41) is 0. The highest BCUT2D eigenvalue weighted by molar-refractivity contribution is 5.34. The fraction of sp³-hybridized carbons (Fsp3) is 0.714. The number of piperazine rings is 1. The van der Waals surface area contributed by atoms with E-state index in [4.69, 9.17) is 0 Å². The lowest BCUT2D eigenvalue weighted by Crippen LogP contribution is -2.64. The van der Waals surface area contributed by atoms with Crippen molar-refractivity contribution in [3.05, 3.63) is 18.2 Å². The van der Waals surface area contributed by atoms with Crippen molar-refractivity contribution in [1.29, 1.82) is 0 Å². The van der Waals surface area contributed by atoms with Crippen LogP contribution in [0.3, 0.4) is 0 Å². The van der Waals surface area contributed by atoms with Gasteiger partial charge in [-0.15, -0.1) is 0 Å². The highest BCUT2D eigenvalue weighted by atomic mass is 19.1. The van der Waals surface area contributed by atoms with Gasteiger partial charge in [0.25, 0.3) is 0 Å². The first-order valence-electron chi connectivity index (χ1n) is 7.34. The van der Waals surface area contributed by atoms with Crippen molar-refractivity contribution in [2.75, 3.05) is 44.2 Å². The van der Waals surface area contributed by atoms with E-state index in [2.05, 4.69) is 38.5 Å². The predicted octanol–water partition coefficient (Wildman–Crippen LogP) is 0.830. The van der Waals surface area contributed by atoms with E-state index in [0.717, 1.165) is 39.3 Å². The van der Waals surface area contributed by atoms with Crippen LogP contribution in [0.4, 0.5) is 10.3 Å². The van der Waals surface area contributed by atoms with Crippen molar-refractivity contribution >= 4 is 5.95 Å². The van der Waals surface area contributed by atoms with Gasteiger partial charge < -0.3 is 4.90 Å². The van der Waals surface area contributed by atoms with Gasteiger partial charge in [-0.2, -0.15) is 0 Å². The molecule has 0 bridgehead atoms. The van der Waals surface area contributed by atoms with Crippen molar-refractivity contribution in [3.63, 3.8) is 0 Å². The fourth-order valence-corrected chi connectivity index (χ4v) is 2.94. The molecule has 0 amide bonds. The Morgan fingerprint density at radius 2 is 1.70 bits per heavy atom. The van der Waals surface area contributed by atoms with Gasteiger partial charge in [0.1, 0.15) is 0 Å². The minimum Gasteiger partial charge on any atom is -0.338 e. The number of aromatic nitrogens is 2. The standard InChI is InChI=1S/C14H22FN5/c1-11(2)18-3-5-19(6-4-18)13-9-20(10-13)14-16-7-12(15)8-17-14/h7-8,11,13H,3-6,9-10H2,1-2H3. The lowest BCUT2D eigenvalue weighted by Gasteiger charge is -2.48. The molecule has 5 nitrogen and oxygen atoms in total. The Kier molecular flexibility index (Phi) is 3.85. The molecule has 2 aliphatic rings. The zero-order valence-electron chi connectivity index (χ0n) is 12.2. The minimum atomic E-state index is -0.379. The maximum atomic E-state index is 12.8. The van der Waals surface area contributed by atoms with E-state index in [1.165, 1.54) is 12.4 Å². The molecule has 1 aromatic heterocycles. The summed E-state index contributed by atoms with van der Waals surface area (Å²) in [5.41, 5.74) is 0. The molecule has 0 radical (unpaired) electrons. The van der Waals surface area contributed by atoms with Crippen LogP contribution < -0.4 is 4.90 Å². The third kappa shape index (κ3) is 2.76. The van der Waals surface area contributed by atoms with Crippen LogP contribution in [-0.4, -0.2) is 71.1 Å². The first-order valence-corrected chi connectivity index (χ1v) is 7.34. The first-order chi connectivity index (χ1) is 9.63. The van der Waals surface area contributed by atoms with Crippen LogP contribution in [0, 0.1) is 5.82 Å². The molecule has 3 rings (SSSR count). The highest BCUT2D eigenvalue weighted by Crippen LogP contribution is 2.21. The average molecular weight is 279 g/mol. The smallest absolute Gasteiger partial charge is 0.225 e. The van der Waals surface area contributed by atoms with Gasteiger partial charge in [0.05, 0.1) is 12.4 Å². The van der Waals surface area contributed by atoms with Gasteiger partial charge in [-0.05, 0) is 13.8 Å². The fourth-order valence-electron chi connectivity index (χ4n) is 2.94. The Morgan fingerprint density at radius 1 is 1.10 bits per heavy atom. The number of rotatable bonds is 3. The van der Waals surface area contributed by atoms with E-state index >= 15 is 0 Å². The lowest BCUT2D eigenvalue weighted by atomic mass is 10.1. The van der Waals surface area contributed by atoms with Crippen molar-refractivity contribution in [2.45, 2.75) is 25.9 Å². The van der Waals surface area contributed by atoms with Crippen LogP contribution in [0.25, 0.3) is 0 Å². The van der Waals surface area contributed by atoms with Crippen LogP contribution in [0.1, 0.15) is 13.8 Å². The van der Waals surface area contributed by atoms with Crippen LogP contribution in [-0.2, 0) is 0 Å². The molecule has 110 valence electrons. The zero-order valence-corrected chi connectivity index (χ0v) is 12.2. The number of halogens is 1. The van der Waals surface area contributed by atoms with Crippen molar-refractivity contribution in [1.82, 2.24) is 19.8 Å². The minimum absolute atomic E-state index is 0.379. The topological polar surface area (TPSA) is 35.5 Å². The Labute approximate surface area is 119 Å². The summed E-state index contributed by atoms with van der Waals surface area (Å²) in [7, 11) is 0. The van der Waals surface area contributed by atoms with Gasteiger partial charge >= 0.3 is 0 Å². The monoisotopic (exact) mass is 279 g/mol. The molecule has 0 saturated carbocycles. The van der Waals surface area contributed by atoms with E-state index in [0.29, 0.717) is 18.0 Å². The largest absolute Gasteiger partial charge is 0.338 e. The zero-order chi connectivity index (χ0) is 14.1. The van der Waals surface area contributed by atoms with E-state index in [1.807, 2.05) is 0 Å². The molecule has 3 heterocycles. The molecule has 0 unspecified atom stereocenters. The summed E-state index contributed by atoms with van der Waals surface area (Å²) in [6, 6.07) is 1.24. The average Bonchev–Trinajstić information content (AvgIpc) is 2.40. The van der Waals surface area contributed by atoms with Gasteiger partial charge in [0.15, 0.2) is 5.82 Å². The molecule has 0 aromatic carbocycles. The molecule has 0 atom stereocenters. The van der Waals surface area contributed by atoms with E-state index in [-0.39, 0.29) is 5.82 Å². The molecule has 2 saturated heterocycles. The molecule has 2 fully saturated rings. The predicted molar refractivity (Wildman–Crippen MR) is 76.3 cm³/mol. The Balaban J connectivity index is 1.48. The molecular formula is C14H22FN5. The maximum absolute atomic E-state index is 12.8. The third-order valence-corrected chi connectivity index (χ3v) is 4.35. The summed E-state index contributed by atoms with van der Waals surface area (Å²) >= 11 is 0. The van der Waals surface area contributed by atoms with Gasteiger partial charge in [-0.3, -0.25) is 9.80 Å². The number of nitrogens with zero attached hydrogens (tertiary/aromatic N) is 5. The second-order valence-corrected chi connectivity index (χ2v) is 5.93. The van der Waals surface area contributed by atoms with Gasteiger partial charge in [-0.1, -0.05) is 0 Å². The van der Waals surface area contributed by atoms with Gasteiger partial charge in [-0.25, -0.2) is 14.4 Å². The second kappa shape index (κ2) is 5.61. The third-order valence-electron chi connectivity index (χ3n) is 4.35. The van der Waals surface area contributed by atoms with Gasteiger partial charge in [0.2, 0.25) is 5.95 Å². The van der Waals surface area contributed by atoms with E-state index in [1.54, 1.807) is 0 Å². The lowest BCUT2D eigenvalue weighted by molar-refractivity contribution is 0.0674. The van der Waals surface area contributed by atoms with Crippen LogP contribution in [0.2, 0.25) is 0 Å². The normalized spacial score (nSPS) is 22.3. The van der Waals surface area contributed by atoms with Crippen LogP contribution in [0.15, 0.2) is 12.4 Å². The first kappa shape index (κ1) is 13.7. The molecule has 6 heteroatoms. The molecule has 0 N–H and O–H groups in total. The summed E-state index contributed by atoms with van der Waals surface area (Å²) in [5.74, 6) is 0.263. The number of anilines is 1. The molecular weight excluding hydrogens is 257 g/mol.